The van der Waals surface area contributed by atoms with Crippen LogP contribution in [0.1, 0.15) is 67.8 Å². The molecule has 2 fully saturated rings. The van der Waals surface area contributed by atoms with Crippen molar-refractivity contribution in [2.24, 2.45) is 11.8 Å². The average Bonchev–Trinajstić information content (AvgIpc) is 3.20. The Bertz CT molecular complexity index is 803. The molecule has 0 amide bonds. The molecule has 1 heterocycles. The molecule has 156 valence electrons. The second-order valence-electron chi connectivity index (χ2n) is 8.05. The van der Waals surface area contributed by atoms with Gasteiger partial charge in [-0.05, 0) is 36.6 Å². The van der Waals surface area contributed by atoms with E-state index in [0.29, 0.717) is 19.3 Å². The summed E-state index contributed by atoms with van der Waals surface area (Å²) in [4.78, 5) is 11.1. The molecule has 0 radical (unpaired) electrons. The summed E-state index contributed by atoms with van der Waals surface area (Å²) in [5.41, 5.74) is 1.02. The minimum absolute atomic E-state index is 0.0834. The molecular formula is C24H30O5. The van der Waals surface area contributed by atoms with E-state index < -0.39 is 18.2 Å². The van der Waals surface area contributed by atoms with E-state index in [2.05, 4.69) is 18.8 Å². The Morgan fingerprint density at radius 3 is 2.93 bits per heavy atom. The normalized spacial score (nSPS) is 27.8. The number of benzene rings is 1. The van der Waals surface area contributed by atoms with Crippen LogP contribution in [0.3, 0.4) is 0 Å². The highest BCUT2D eigenvalue weighted by Gasteiger charge is 2.47. The number of carbonyl (C=O) groups is 1. The number of hydrogen-bond donors (Lipinski definition) is 3. The number of fused-ring (bicyclic) bond motifs is 1. The number of unbranched alkanes of at least 4 members (excludes halogenated alkanes) is 3. The summed E-state index contributed by atoms with van der Waals surface area (Å²) in [5.74, 6) is 5.78. The Hall–Kier alpha value is -2.29. The monoisotopic (exact) mass is 398 g/mol. The lowest BCUT2D eigenvalue weighted by molar-refractivity contribution is 0.0696. The van der Waals surface area contributed by atoms with Crippen molar-refractivity contribution in [3.8, 4) is 11.8 Å². The summed E-state index contributed by atoms with van der Waals surface area (Å²) >= 11 is 0. The van der Waals surface area contributed by atoms with E-state index in [1.165, 1.54) is 6.42 Å². The molecule has 0 aromatic heterocycles. The van der Waals surface area contributed by atoms with E-state index >= 15 is 0 Å². The van der Waals surface area contributed by atoms with Gasteiger partial charge in [-0.2, -0.15) is 0 Å². The standard InChI is InChI=1S/C24H30O5/c1-2-3-4-5-9-18(25)10-11-20-21-14-19(29-23(21)15-22(20)26)13-16-7-6-8-17(12-16)24(27)28/h6-8,12-13,18,20-23,25-26H,2-5,9,14-15H2,1H3,(H,27,28)/b19-13+. The van der Waals surface area contributed by atoms with Gasteiger partial charge in [0.2, 0.25) is 0 Å². The summed E-state index contributed by atoms with van der Waals surface area (Å²) in [6.07, 6.45) is 6.87. The van der Waals surface area contributed by atoms with E-state index in [1.807, 2.05) is 12.1 Å². The van der Waals surface area contributed by atoms with Gasteiger partial charge in [0.1, 0.15) is 12.2 Å². The first kappa shape index (κ1) is 21.4. The molecule has 0 bridgehead atoms. The maximum Gasteiger partial charge on any atom is 0.335 e. The molecule has 1 aliphatic carbocycles. The van der Waals surface area contributed by atoms with E-state index in [9.17, 15) is 15.0 Å². The molecule has 1 aromatic rings. The predicted octanol–water partition coefficient (Wildman–Crippen LogP) is 3.85. The van der Waals surface area contributed by atoms with Gasteiger partial charge in [-0.1, -0.05) is 50.2 Å². The molecule has 29 heavy (non-hydrogen) atoms. The second-order valence-corrected chi connectivity index (χ2v) is 8.05. The Kier molecular flexibility index (Phi) is 7.35. The van der Waals surface area contributed by atoms with Crippen molar-refractivity contribution in [3.63, 3.8) is 0 Å². The first-order chi connectivity index (χ1) is 14.0. The molecule has 3 rings (SSSR count). The highest BCUT2D eigenvalue weighted by Crippen LogP contribution is 2.45. The third-order valence-corrected chi connectivity index (χ3v) is 5.78. The predicted molar refractivity (Wildman–Crippen MR) is 111 cm³/mol. The first-order valence-electron chi connectivity index (χ1n) is 10.6. The maximum atomic E-state index is 11.1. The van der Waals surface area contributed by atoms with E-state index in [1.54, 1.807) is 18.2 Å². The highest BCUT2D eigenvalue weighted by atomic mass is 16.5. The van der Waals surface area contributed by atoms with E-state index in [0.717, 1.165) is 30.6 Å². The molecule has 3 N–H and O–H groups in total. The topological polar surface area (TPSA) is 87.0 Å². The lowest BCUT2D eigenvalue weighted by atomic mass is 9.91. The van der Waals surface area contributed by atoms with Crippen LogP contribution in [0, 0.1) is 23.7 Å². The van der Waals surface area contributed by atoms with Gasteiger partial charge in [0.25, 0.3) is 0 Å². The summed E-state index contributed by atoms with van der Waals surface area (Å²) in [7, 11) is 0. The van der Waals surface area contributed by atoms with Gasteiger partial charge in [-0.3, -0.25) is 0 Å². The zero-order chi connectivity index (χ0) is 20.8. The number of aliphatic hydroxyl groups is 2. The van der Waals surface area contributed by atoms with Crippen LogP contribution in [0.5, 0.6) is 0 Å². The summed E-state index contributed by atoms with van der Waals surface area (Å²) in [6.45, 7) is 2.16. The average molecular weight is 398 g/mol. The van der Waals surface area contributed by atoms with Crippen LogP contribution in [0.25, 0.3) is 6.08 Å². The third-order valence-electron chi connectivity index (χ3n) is 5.78. The molecule has 1 saturated heterocycles. The molecule has 5 unspecified atom stereocenters. The van der Waals surface area contributed by atoms with E-state index in [4.69, 9.17) is 9.84 Å². The summed E-state index contributed by atoms with van der Waals surface area (Å²) in [5, 5.41) is 29.6. The number of rotatable bonds is 7. The lowest BCUT2D eigenvalue weighted by Gasteiger charge is -2.13. The summed E-state index contributed by atoms with van der Waals surface area (Å²) < 4.78 is 6.01. The summed E-state index contributed by atoms with van der Waals surface area (Å²) in [6, 6.07) is 6.74. The van der Waals surface area contributed by atoms with Crippen molar-refractivity contribution in [3.05, 3.63) is 41.2 Å². The van der Waals surface area contributed by atoms with Gasteiger partial charge >= 0.3 is 5.97 Å². The molecule has 0 spiro atoms. The largest absolute Gasteiger partial charge is 0.494 e. The fourth-order valence-corrected chi connectivity index (χ4v) is 4.22. The van der Waals surface area contributed by atoms with Crippen LogP contribution in [0.2, 0.25) is 0 Å². The minimum Gasteiger partial charge on any atom is -0.494 e. The van der Waals surface area contributed by atoms with Crippen LogP contribution in [-0.4, -0.2) is 39.6 Å². The SMILES string of the molecule is CCCCCCC(O)C#CC1C(O)CC2O/C(=C/c3cccc(C(=O)O)c3)CC21. The van der Waals surface area contributed by atoms with Crippen LogP contribution < -0.4 is 0 Å². The van der Waals surface area contributed by atoms with E-state index in [-0.39, 0.29) is 23.5 Å². The van der Waals surface area contributed by atoms with Crippen LogP contribution in [0.4, 0.5) is 0 Å². The number of allylic oxidation sites excluding steroid dienone is 1. The quantitative estimate of drug-likeness (QED) is 0.480. The van der Waals surface area contributed by atoms with Crippen LogP contribution in [0.15, 0.2) is 30.0 Å². The zero-order valence-corrected chi connectivity index (χ0v) is 16.9. The number of hydrogen-bond acceptors (Lipinski definition) is 4. The molecule has 5 heteroatoms. The fourth-order valence-electron chi connectivity index (χ4n) is 4.22. The Morgan fingerprint density at radius 1 is 1.34 bits per heavy atom. The lowest BCUT2D eigenvalue weighted by Crippen LogP contribution is -2.18. The first-order valence-corrected chi connectivity index (χ1v) is 10.6. The molecule has 1 aromatic carbocycles. The molecule has 1 aliphatic heterocycles. The Balaban J connectivity index is 1.62. The number of aromatic carboxylic acids is 1. The Morgan fingerprint density at radius 2 is 2.17 bits per heavy atom. The van der Waals surface area contributed by atoms with Crippen molar-refractivity contribution in [2.75, 3.05) is 0 Å². The molecule has 5 atom stereocenters. The third kappa shape index (κ3) is 5.62. The minimum atomic E-state index is -0.957. The van der Waals surface area contributed by atoms with Gasteiger partial charge in [-0.15, -0.1) is 0 Å². The number of aliphatic hydroxyl groups excluding tert-OH is 2. The molecular weight excluding hydrogens is 368 g/mol. The zero-order valence-electron chi connectivity index (χ0n) is 16.9. The highest BCUT2D eigenvalue weighted by molar-refractivity contribution is 5.88. The van der Waals surface area contributed by atoms with Gasteiger partial charge in [-0.25, -0.2) is 4.79 Å². The maximum absolute atomic E-state index is 11.1. The van der Waals surface area contributed by atoms with Gasteiger partial charge in [0.15, 0.2) is 0 Å². The van der Waals surface area contributed by atoms with Crippen molar-refractivity contribution in [1.29, 1.82) is 0 Å². The number of ether oxygens (including phenoxy) is 1. The van der Waals surface area contributed by atoms with Crippen molar-refractivity contribution >= 4 is 12.0 Å². The van der Waals surface area contributed by atoms with Crippen molar-refractivity contribution in [1.82, 2.24) is 0 Å². The van der Waals surface area contributed by atoms with Gasteiger partial charge < -0.3 is 20.1 Å². The molecule has 2 aliphatic rings. The number of carboxylic acids is 1. The smallest absolute Gasteiger partial charge is 0.335 e. The van der Waals surface area contributed by atoms with Crippen molar-refractivity contribution in [2.45, 2.75) is 70.2 Å². The van der Waals surface area contributed by atoms with Gasteiger partial charge in [0, 0.05) is 18.8 Å². The van der Waals surface area contributed by atoms with Crippen molar-refractivity contribution < 1.29 is 24.9 Å². The fraction of sp³-hybridized carbons (Fsp3) is 0.542. The van der Waals surface area contributed by atoms with Gasteiger partial charge in [0.05, 0.1) is 23.3 Å². The molecule has 1 saturated carbocycles. The molecule has 5 nitrogen and oxygen atoms in total. The van der Waals surface area contributed by atoms with Crippen LogP contribution in [-0.2, 0) is 4.74 Å². The number of carboxylic acid groups (broad SMARTS) is 1. The second kappa shape index (κ2) is 9.96. The Labute approximate surface area is 172 Å². The van der Waals surface area contributed by atoms with Crippen LogP contribution >= 0.6 is 0 Å².